The largest absolute Gasteiger partial charge is 0.381 e. The highest BCUT2D eigenvalue weighted by Gasteiger charge is 2.40. The van der Waals surface area contributed by atoms with Crippen molar-refractivity contribution in [2.45, 2.75) is 50.9 Å². The fourth-order valence-electron chi connectivity index (χ4n) is 3.85. The number of rotatable bonds is 8. The van der Waals surface area contributed by atoms with Crippen LogP contribution >= 0.6 is 11.8 Å². The Labute approximate surface area is 214 Å². The Morgan fingerprint density at radius 2 is 1.75 bits per heavy atom. The molecule has 0 aliphatic carbocycles. The van der Waals surface area contributed by atoms with Crippen molar-refractivity contribution in [1.82, 2.24) is 15.5 Å². The summed E-state index contributed by atoms with van der Waals surface area (Å²) in [4.78, 5) is 52.1. The first-order valence-electron chi connectivity index (χ1n) is 11.6. The number of thioether (sulfide) groups is 1. The second kappa shape index (κ2) is 11.6. The minimum absolute atomic E-state index is 0.167. The van der Waals surface area contributed by atoms with E-state index in [1.54, 1.807) is 0 Å². The number of benzene rings is 2. The molecule has 1 saturated heterocycles. The van der Waals surface area contributed by atoms with Gasteiger partial charge in [-0.1, -0.05) is 36.4 Å². The third kappa shape index (κ3) is 7.08. The molecule has 192 valence electrons. The molecule has 1 aliphatic heterocycles. The van der Waals surface area contributed by atoms with Gasteiger partial charge in [0.25, 0.3) is 11.8 Å². The van der Waals surface area contributed by atoms with E-state index in [2.05, 4.69) is 10.6 Å². The Bertz CT molecular complexity index is 1120. The van der Waals surface area contributed by atoms with E-state index in [-0.39, 0.29) is 29.3 Å². The topological polar surface area (TPSA) is 142 Å². The van der Waals surface area contributed by atoms with Gasteiger partial charge in [0, 0.05) is 22.4 Å². The highest BCUT2D eigenvalue weighted by atomic mass is 32.2. The summed E-state index contributed by atoms with van der Waals surface area (Å²) in [6.45, 7) is 5.56. The smallest absolute Gasteiger partial charge is 0.254 e. The summed E-state index contributed by atoms with van der Waals surface area (Å²) in [5.41, 5.74) is 5.99. The van der Waals surface area contributed by atoms with Gasteiger partial charge in [0.15, 0.2) is 6.10 Å². The first-order valence-corrected chi connectivity index (χ1v) is 12.7. The van der Waals surface area contributed by atoms with Gasteiger partial charge in [-0.3, -0.25) is 19.2 Å². The van der Waals surface area contributed by atoms with E-state index in [4.69, 9.17) is 5.73 Å². The summed E-state index contributed by atoms with van der Waals surface area (Å²) in [6, 6.07) is 13.3. The number of aliphatic hydroxyl groups excluding tert-OH is 1. The molecular formula is C26H32N4O5S. The molecular weight excluding hydrogens is 480 g/mol. The van der Waals surface area contributed by atoms with Gasteiger partial charge in [-0.25, -0.2) is 0 Å². The molecule has 9 nitrogen and oxygen atoms in total. The van der Waals surface area contributed by atoms with Crippen LogP contribution in [0.25, 0.3) is 0 Å². The number of nitrogens with one attached hydrogen (secondary N) is 2. The van der Waals surface area contributed by atoms with Gasteiger partial charge in [-0.2, -0.15) is 0 Å². The zero-order valence-corrected chi connectivity index (χ0v) is 21.4. The minimum atomic E-state index is -1.60. The molecule has 3 atom stereocenters. The van der Waals surface area contributed by atoms with Crippen LogP contribution < -0.4 is 16.4 Å². The summed E-state index contributed by atoms with van der Waals surface area (Å²) in [5.74, 6) is -1.50. The number of nitrogens with two attached hydrogens (primary N) is 1. The molecule has 3 rings (SSSR count). The fraction of sp³-hybridized carbons (Fsp3) is 0.385. The van der Waals surface area contributed by atoms with Gasteiger partial charge in [0.2, 0.25) is 11.8 Å². The summed E-state index contributed by atoms with van der Waals surface area (Å²) in [5, 5.41) is 16.8. The van der Waals surface area contributed by atoms with Crippen LogP contribution in [-0.2, 0) is 16.0 Å². The summed E-state index contributed by atoms with van der Waals surface area (Å²) < 4.78 is 0. The van der Waals surface area contributed by atoms with Crippen molar-refractivity contribution < 1.29 is 24.3 Å². The van der Waals surface area contributed by atoms with Crippen molar-refractivity contribution >= 4 is 35.4 Å². The number of carbonyl (C=O) groups is 4. The molecule has 0 spiro atoms. The third-order valence-corrected chi connectivity index (χ3v) is 6.64. The molecule has 0 radical (unpaired) electrons. The van der Waals surface area contributed by atoms with Gasteiger partial charge in [-0.15, -0.1) is 11.8 Å². The number of nitrogens with zero attached hydrogens (tertiary/aromatic N) is 1. The number of amides is 4. The summed E-state index contributed by atoms with van der Waals surface area (Å²) >= 11 is 1.42. The molecule has 2 aromatic carbocycles. The predicted molar refractivity (Wildman–Crippen MR) is 138 cm³/mol. The fourth-order valence-corrected chi connectivity index (χ4v) is 5.01. The normalized spacial score (nSPS) is 17.2. The van der Waals surface area contributed by atoms with Crippen molar-refractivity contribution in [2.75, 3.05) is 11.6 Å². The van der Waals surface area contributed by atoms with Crippen molar-refractivity contribution in [3.63, 3.8) is 0 Å². The van der Waals surface area contributed by atoms with E-state index in [9.17, 15) is 24.3 Å². The molecule has 10 heteroatoms. The van der Waals surface area contributed by atoms with Crippen LogP contribution in [-0.4, -0.2) is 69.0 Å². The van der Waals surface area contributed by atoms with Crippen molar-refractivity contribution in [3.05, 3.63) is 71.3 Å². The Morgan fingerprint density at radius 3 is 2.39 bits per heavy atom. The number of aliphatic hydroxyl groups is 1. The zero-order valence-electron chi connectivity index (χ0n) is 20.6. The number of primary amides is 1. The van der Waals surface area contributed by atoms with Gasteiger partial charge >= 0.3 is 0 Å². The van der Waals surface area contributed by atoms with Gasteiger partial charge in [-0.05, 0) is 51.0 Å². The molecule has 36 heavy (non-hydrogen) atoms. The van der Waals surface area contributed by atoms with Crippen LogP contribution in [0.15, 0.2) is 54.6 Å². The Kier molecular flexibility index (Phi) is 8.75. The number of hydrogen-bond acceptors (Lipinski definition) is 6. The van der Waals surface area contributed by atoms with Crippen LogP contribution in [0.1, 0.15) is 47.1 Å². The Balaban J connectivity index is 1.82. The van der Waals surface area contributed by atoms with E-state index in [0.29, 0.717) is 5.75 Å². The first kappa shape index (κ1) is 27.2. The lowest BCUT2D eigenvalue weighted by atomic mass is 9.99. The van der Waals surface area contributed by atoms with Crippen molar-refractivity contribution in [1.29, 1.82) is 0 Å². The lowest BCUT2D eigenvalue weighted by Gasteiger charge is -2.31. The number of hydrogen-bond donors (Lipinski definition) is 4. The molecule has 1 heterocycles. The number of carbonyl (C=O) groups excluding carboxylic acids is 4. The molecule has 0 aromatic heterocycles. The van der Waals surface area contributed by atoms with E-state index in [1.165, 1.54) is 40.9 Å². The Morgan fingerprint density at radius 1 is 1.08 bits per heavy atom. The van der Waals surface area contributed by atoms with Gasteiger partial charge < -0.3 is 26.4 Å². The minimum Gasteiger partial charge on any atom is -0.381 e. The summed E-state index contributed by atoms with van der Waals surface area (Å²) in [7, 11) is 0. The molecule has 4 amide bonds. The van der Waals surface area contributed by atoms with Crippen molar-refractivity contribution in [2.24, 2.45) is 5.73 Å². The summed E-state index contributed by atoms with van der Waals surface area (Å²) in [6.07, 6.45) is -1.42. The average Bonchev–Trinajstić information content (AvgIpc) is 3.32. The molecule has 1 fully saturated rings. The van der Waals surface area contributed by atoms with E-state index in [1.807, 2.05) is 51.1 Å². The van der Waals surface area contributed by atoms with Gasteiger partial charge in [0.1, 0.15) is 6.04 Å². The lowest BCUT2D eigenvalue weighted by Crippen LogP contribution is -2.57. The maximum atomic E-state index is 13.4. The predicted octanol–water partition coefficient (Wildman–Crippen LogP) is 1.30. The molecule has 1 aliphatic rings. The molecule has 0 saturated carbocycles. The van der Waals surface area contributed by atoms with Crippen LogP contribution in [0, 0.1) is 0 Å². The highest BCUT2D eigenvalue weighted by Crippen LogP contribution is 2.24. The van der Waals surface area contributed by atoms with Crippen molar-refractivity contribution in [3.8, 4) is 0 Å². The molecule has 5 N–H and O–H groups in total. The van der Waals surface area contributed by atoms with E-state index < -0.39 is 41.4 Å². The molecule has 0 unspecified atom stereocenters. The zero-order chi connectivity index (χ0) is 26.5. The maximum absolute atomic E-state index is 13.4. The Hall–Kier alpha value is -3.37. The van der Waals surface area contributed by atoms with Crippen LogP contribution in [0.5, 0.6) is 0 Å². The second-order valence-electron chi connectivity index (χ2n) is 9.72. The van der Waals surface area contributed by atoms with Crippen LogP contribution in [0.4, 0.5) is 0 Å². The van der Waals surface area contributed by atoms with Gasteiger partial charge in [0.05, 0.1) is 11.9 Å². The SMILES string of the molecule is CC(C)(C)NC(=O)[C@@H]1CSCN1C(=O)[C@@H](O)[C@H](Cc1ccccc1)NC(=O)c1cccc(C(N)=O)c1. The monoisotopic (exact) mass is 512 g/mol. The molecule has 0 bridgehead atoms. The lowest BCUT2D eigenvalue weighted by molar-refractivity contribution is -0.146. The third-order valence-electron chi connectivity index (χ3n) is 5.62. The highest BCUT2D eigenvalue weighted by molar-refractivity contribution is 7.99. The van der Waals surface area contributed by atoms with Crippen LogP contribution in [0.2, 0.25) is 0 Å². The quantitative estimate of drug-likeness (QED) is 0.420. The first-order chi connectivity index (χ1) is 17.0. The second-order valence-corrected chi connectivity index (χ2v) is 10.7. The molecule has 2 aromatic rings. The van der Waals surface area contributed by atoms with E-state index in [0.717, 1.165) is 5.56 Å². The maximum Gasteiger partial charge on any atom is 0.254 e. The average molecular weight is 513 g/mol. The standard InChI is InChI=1S/C26H32N4O5S/c1-26(2,3)29-24(34)20-14-36-15-30(20)25(35)21(31)19(12-16-8-5-4-6-9-16)28-23(33)18-11-7-10-17(13-18)22(27)32/h4-11,13,19-21,31H,12,14-15H2,1-3H3,(H2,27,32)(H,28,33)(H,29,34)/t19-,20-,21-/m0/s1. The van der Waals surface area contributed by atoms with E-state index >= 15 is 0 Å². The van der Waals surface area contributed by atoms with Crippen LogP contribution in [0.3, 0.4) is 0 Å².